The summed E-state index contributed by atoms with van der Waals surface area (Å²) in [7, 11) is 0. The minimum atomic E-state index is 0.550. The fourth-order valence-corrected chi connectivity index (χ4v) is 2.77. The van der Waals surface area contributed by atoms with E-state index in [2.05, 4.69) is 26.6 Å². The van der Waals surface area contributed by atoms with Gasteiger partial charge in [0.2, 0.25) is 0 Å². The summed E-state index contributed by atoms with van der Waals surface area (Å²) in [6.45, 7) is 6.59. The van der Waals surface area contributed by atoms with Gasteiger partial charge in [-0.25, -0.2) is 4.98 Å². The number of anilines is 1. The Balaban J connectivity index is 2.25. The molecular formula is C14H17N5S. The third-order valence-electron chi connectivity index (χ3n) is 3.03. The van der Waals surface area contributed by atoms with E-state index in [-0.39, 0.29) is 0 Å². The average molecular weight is 287 g/mol. The molecule has 5 nitrogen and oxygen atoms in total. The Hall–Kier alpha value is -2.00. The summed E-state index contributed by atoms with van der Waals surface area (Å²) < 4.78 is 0. The van der Waals surface area contributed by atoms with Crippen molar-refractivity contribution in [1.29, 1.82) is 5.26 Å². The summed E-state index contributed by atoms with van der Waals surface area (Å²) in [6, 6.07) is 2.25. The highest BCUT2D eigenvalue weighted by Crippen LogP contribution is 2.21. The molecule has 6 heteroatoms. The normalized spacial score (nSPS) is 10.3. The van der Waals surface area contributed by atoms with Gasteiger partial charge in [0.15, 0.2) is 5.82 Å². The van der Waals surface area contributed by atoms with Crippen molar-refractivity contribution in [2.75, 3.05) is 5.32 Å². The topological polar surface area (TPSA) is 74.5 Å². The van der Waals surface area contributed by atoms with Crippen molar-refractivity contribution in [3.8, 4) is 6.07 Å². The molecule has 0 radical (unpaired) electrons. The Bertz CT molecular complexity index is 641. The summed E-state index contributed by atoms with van der Waals surface area (Å²) in [5, 5.41) is 23.9. The van der Waals surface area contributed by atoms with E-state index in [0.29, 0.717) is 17.9 Å². The third kappa shape index (κ3) is 2.94. The van der Waals surface area contributed by atoms with Gasteiger partial charge in [0.1, 0.15) is 16.6 Å². The minimum Gasteiger partial charge on any atom is -0.361 e. The number of nitrogens with one attached hydrogen (secondary N) is 1. The van der Waals surface area contributed by atoms with E-state index in [1.54, 1.807) is 11.3 Å². The molecule has 0 spiro atoms. The summed E-state index contributed by atoms with van der Waals surface area (Å²) in [4.78, 5) is 4.38. The first-order valence-electron chi connectivity index (χ1n) is 6.62. The van der Waals surface area contributed by atoms with Crippen molar-refractivity contribution >= 4 is 17.2 Å². The second-order valence-corrected chi connectivity index (χ2v) is 5.35. The summed E-state index contributed by atoms with van der Waals surface area (Å²) in [5.74, 6) is 0.550. The van der Waals surface area contributed by atoms with Gasteiger partial charge in [0, 0.05) is 11.1 Å². The molecule has 0 amide bonds. The van der Waals surface area contributed by atoms with Crippen LogP contribution in [0.3, 0.4) is 0 Å². The van der Waals surface area contributed by atoms with Crippen LogP contribution in [-0.4, -0.2) is 15.2 Å². The smallest absolute Gasteiger partial charge is 0.167 e. The van der Waals surface area contributed by atoms with Crippen LogP contribution in [0.5, 0.6) is 0 Å². The highest BCUT2D eigenvalue weighted by atomic mass is 32.1. The molecule has 0 aliphatic carbocycles. The number of hydrogen-bond acceptors (Lipinski definition) is 6. The van der Waals surface area contributed by atoms with Crippen molar-refractivity contribution in [1.82, 2.24) is 15.2 Å². The summed E-state index contributed by atoms with van der Waals surface area (Å²) >= 11 is 1.60. The van der Waals surface area contributed by atoms with Gasteiger partial charge in [-0.05, 0) is 25.3 Å². The molecule has 2 heterocycles. The molecule has 0 saturated carbocycles. The number of nitrogens with zero attached hydrogens (tertiary/aromatic N) is 4. The van der Waals surface area contributed by atoms with Gasteiger partial charge in [-0.1, -0.05) is 13.8 Å². The maximum absolute atomic E-state index is 9.38. The van der Waals surface area contributed by atoms with E-state index in [9.17, 15) is 5.26 Å². The van der Waals surface area contributed by atoms with Crippen LogP contribution in [0.2, 0.25) is 0 Å². The number of aromatic nitrogens is 3. The standard InChI is InChI=1S/C14H17N5S/c1-4-10-11(6-15)14(19-18-12(10)5-2)16-7-13-17-9(3)8-20-13/h8H,4-5,7H2,1-3H3,(H,16,19). The van der Waals surface area contributed by atoms with Crippen molar-refractivity contribution in [2.24, 2.45) is 0 Å². The third-order valence-corrected chi connectivity index (χ3v) is 4.00. The highest BCUT2D eigenvalue weighted by molar-refractivity contribution is 7.09. The van der Waals surface area contributed by atoms with Crippen molar-refractivity contribution < 1.29 is 0 Å². The molecule has 0 fully saturated rings. The Labute approximate surface area is 122 Å². The molecule has 0 saturated heterocycles. The highest BCUT2D eigenvalue weighted by Gasteiger charge is 2.14. The van der Waals surface area contributed by atoms with Crippen molar-refractivity contribution in [2.45, 2.75) is 40.2 Å². The second-order valence-electron chi connectivity index (χ2n) is 4.40. The monoisotopic (exact) mass is 287 g/mol. The van der Waals surface area contributed by atoms with Crippen LogP contribution in [0, 0.1) is 18.3 Å². The number of aryl methyl sites for hydroxylation is 2. The predicted octanol–water partition coefficient (Wildman–Crippen LogP) is 2.85. The molecule has 2 aromatic heterocycles. The molecule has 0 aliphatic rings. The lowest BCUT2D eigenvalue weighted by Gasteiger charge is -2.11. The first-order valence-corrected chi connectivity index (χ1v) is 7.50. The Morgan fingerprint density at radius 3 is 2.65 bits per heavy atom. The number of rotatable bonds is 5. The lowest BCUT2D eigenvalue weighted by atomic mass is 10.0. The van der Waals surface area contributed by atoms with E-state index in [1.807, 2.05) is 26.2 Å². The quantitative estimate of drug-likeness (QED) is 0.915. The molecule has 0 unspecified atom stereocenters. The number of thiazole rings is 1. The fourth-order valence-electron chi connectivity index (χ4n) is 2.06. The van der Waals surface area contributed by atoms with Crippen molar-refractivity contribution in [3.05, 3.63) is 32.9 Å². The lowest BCUT2D eigenvalue weighted by molar-refractivity contribution is 0.868. The zero-order valence-electron chi connectivity index (χ0n) is 11.9. The predicted molar refractivity (Wildman–Crippen MR) is 79.7 cm³/mol. The maximum Gasteiger partial charge on any atom is 0.167 e. The van der Waals surface area contributed by atoms with E-state index in [1.165, 1.54) is 0 Å². The Morgan fingerprint density at radius 2 is 2.10 bits per heavy atom. The fraction of sp³-hybridized carbons (Fsp3) is 0.429. The Morgan fingerprint density at radius 1 is 1.30 bits per heavy atom. The SMILES string of the molecule is CCc1nnc(NCc2nc(C)cs2)c(C#N)c1CC. The van der Waals surface area contributed by atoms with Gasteiger partial charge >= 0.3 is 0 Å². The van der Waals surface area contributed by atoms with Crippen LogP contribution in [0.25, 0.3) is 0 Å². The van der Waals surface area contributed by atoms with Crippen LogP contribution >= 0.6 is 11.3 Å². The lowest BCUT2D eigenvalue weighted by Crippen LogP contribution is -2.09. The molecule has 0 aromatic carbocycles. The number of nitriles is 1. The van der Waals surface area contributed by atoms with Gasteiger partial charge in [0.25, 0.3) is 0 Å². The first-order chi connectivity index (χ1) is 9.69. The summed E-state index contributed by atoms with van der Waals surface area (Å²) in [5.41, 5.74) is 3.50. The largest absolute Gasteiger partial charge is 0.361 e. The van der Waals surface area contributed by atoms with Gasteiger partial charge < -0.3 is 5.32 Å². The van der Waals surface area contributed by atoms with Crippen LogP contribution in [0.1, 0.15) is 41.4 Å². The van der Waals surface area contributed by atoms with Crippen LogP contribution in [0.4, 0.5) is 5.82 Å². The molecule has 0 aliphatic heterocycles. The minimum absolute atomic E-state index is 0.550. The van der Waals surface area contributed by atoms with Crippen LogP contribution in [0.15, 0.2) is 5.38 Å². The molecule has 104 valence electrons. The molecule has 0 bridgehead atoms. The van der Waals surface area contributed by atoms with E-state index in [0.717, 1.165) is 34.8 Å². The van der Waals surface area contributed by atoms with E-state index in [4.69, 9.17) is 0 Å². The van der Waals surface area contributed by atoms with Crippen molar-refractivity contribution in [3.63, 3.8) is 0 Å². The molecule has 0 atom stereocenters. The average Bonchev–Trinajstić information content (AvgIpc) is 2.89. The molecular weight excluding hydrogens is 270 g/mol. The molecule has 2 rings (SSSR count). The number of hydrogen-bond donors (Lipinski definition) is 1. The van der Waals surface area contributed by atoms with Gasteiger partial charge in [-0.2, -0.15) is 10.4 Å². The van der Waals surface area contributed by atoms with E-state index < -0.39 is 0 Å². The molecule has 1 N–H and O–H groups in total. The second kappa shape index (κ2) is 6.44. The Kier molecular flexibility index (Phi) is 4.64. The molecule has 20 heavy (non-hydrogen) atoms. The maximum atomic E-state index is 9.38. The van der Waals surface area contributed by atoms with Crippen LogP contribution in [-0.2, 0) is 19.4 Å². The zero-order chi connectivity index (χ0) is 14.5. The first kappa shape index (κ1) is 14.4. The summed E-state index contributed by atoms with van der Waals surface area (Å²) in [6.07, 6.45) is 1.57. The molecule has 2 aromatic rings. The van der Waals surface area contributed by atoms with Gasteiger partial charge in [-0.15, -0.1) is 16.4 Å². The van der Waals surface area contributed by atoms with Crippen LogP contribution < -0.4 is 5.32 Å². The van der Waals surface area contributed by atoms with E-state index >= 15 is 0 Å². The van der Waals surface area contributed by atoms with Gasteiger partial charge in [0.05, 0.1) is 12.2 Å². The zero-order valence-corrected chi connectivity index (χ0v) is 12.7. The van der Waals surface area contributed by atoms with Gasteiger partial charge in [-0.3, -0.25) is 0 Å².